The smallest absolute Gasteiger partial charge is 0.339 e. The number of carbonyl (C=O) groups is 2. The zero-order valence-corrected chi connectivity index (χ0v) is 19.5. The largest absolute Gasteiger partial charge is 0.462 e. The third kappa shape index (κ3) is 10.1. The number of unbranched alkanes of at least 4 members (excludes halogenated alkanes) is 10. The molecule has 2 aromatic carbocycles. The van der Waals surface area contributed by atoms with Crippen molar-refractivity contribution in [3.8, 4) is 0 Å². The second-order valence-electron chi connectivity index (χ2n) is 8.28. The molecule has 0 amide bonds. The van der Waals surface area contributed by atoms with Crippen LogP contribution in [0.1, 0.15) is 104 Å². The van der Waals surface area contributed by atoms with Gasteiger partial charge < -0.3 is 9.47 Å². The predicted octanol–water partition coefficient (Wildman–Crippen LogP) is 7.51. The van der Waals surface area contributed by atoms with Crippen molar-refractivity contribution in [3.05, 3.63) is 71.3 Å². The van der Waals surface area contributed by atoms with Crippen LogP contribution in [0, 0.1) is 0 Å². The maximum absolute atomic E-state index is 12.5. The molecule has 0 aliphatic carbocycles. The van der Waals surface area contributed by atoms with Gasteiger partial charge in [-0.3, -0.25) is 0 Å². The highest BCUT2D eigenvalue weighted by Crippen LogP contribution is 2.15. The number of hydrogen-bond acceptors (Lipinski definition) is 4. The van der Waals surface area contributed by atoms with Gasteiger partial charge in [-0.1, -0.05) is 114 Å². The van der Waals surface area contributed by atoms with E-state index in [0.29, 0.717) is 6.61 Å². The van der Waals surface area contributed by atoms with Crippen LogP contribution in [-0.2, 0) is 16.1 Å². The van der Waals surface area contributed by atoms with E-state index in [1.54, 1.807) is 24.3 Å². The molecule has 0 N–H and O–H groups in total. The zero-order chi connectivity index (χ0) is 22.9. The van der Waals surface area contributed by atoms with Crippen LogP contribution in [0.5, 0.6) is 0 Å². The summed E-state index contributed by atoms with van der Waals surface area (Å²) in [4.78, 5) is 25.0. The Balaban J connectivity index is 1.63. The molecule has 0 aliphatic heterocycles. The summed E-state index contributed by atoms with van der Waals surface area (Å²) in [5, 5.41) is 0. The summed E-state index contributed by atoms with van der Waals surface area (Å²) in [6, 6.07) is 16.1. The normalized spacial score (nSPS) is 10.7. The lowest BCUT2D eigenvalue weighted by Gasteiger charge is -2.10. The van der Waals surface area contributed by atoms with Gasteiger partial charge in [0.25, 0.3) is 0 Å². The van der Waals surface area contributed by atoms with Crippen molar-refractivity contribution in [3.63, 3.8) is 0 Å². The molecule has 0 aromatic heterocycles. The van der Waals surface area contributed by atoms with Crippen molar-refractivity contribution in [1.82, 2.24) is 0 Å². The Hall–Kier alpha value is -2.62. The van der Waals surface area contributed by atoms with Crippen LogP contribution in [0.3, 0.4) is 0 Å². The summed E-state index contributed by atoms with van der Waals surface area (Å²) >= 11 is 0. The fourth-order valence-electron chi connectivity index (χ4n) is 3.65. The molecule has 0 spiro atoms. The lowest BCUT2D eigenvalue weighted by atomic mass is 10.1. The molecule has 0 aliphatic rings. The van der Waals surface area contributed by atoms with E-state index in [9.17, 15) is 9.59 Å². The molecule has 0 fully saturated rings. The SMILES string of the molecule is CCCCCCCCCCCCCOC(=O)c1ccccc1C(=O)OCc1ccccc1. The number of rotatable bonds is 16. The quantitative estimate of drug-likeness (QED) is 0.201. The van der Waals surface area contributed by atoms with E-state index in [-0.39, 0.29) is 17.7 Å². The zero-order valence-electron chi connectivity index (χ0n) is 19.5. The van der Waals surface area contributed by atoms with E-state index in [1.807, 2.05) is 30.3 Å². The highest BCUT2D eigenvalue weighted by molar-refractivity contribution is 6.03. The van der Waals surface area contributed by atoms with Crippen LogP contribution in [0.15, 0.2) is 54.6 Å². The molecular weight excluding hydrogens is 400 g/mol. The van der Waals surface area contributed by atoms with E-state index >= 15 is 0 Å². The molecule has 32 heavy (non-hydrogen) atoms. The molecule has 0 bridgehead atoms. The fourth-order valence-corrected chi connectivity index (χ4v) is 3.65. The van der Waals surface area contributed by atoms with Gasteiger partial charge in [0, 0.05) is 0 Å². The van der Waals surface area contributed by atoms with Crippen molar-refractivity contribution in [1.29, 1.82) is 0 Å². The average Bonchev–Trinajstić information content (AvgIpc) is 2.83. The summed E-state index contributed by atoms with van der Waals surface area (Å²) < 4.78 is 10.8. The lowest BCUT2D eigenvalue weighted by Crippen LogP contribution is -2.14. The van der Waals surface area contributed by atoms with Gasteiger partial charge in [-0.2, -0.15) is 0 Å². The number of hydrogen-bond donors (Lipinski definition) is 0. The van der Waals surface area contributed by atoms with Crippen molar-refractivity contribution >= 4 is 11.9 Å². The van der Waals surface area contributed by atoms with Gasteiger partial charge in [-0.15, -0.1) is 0 Å². The molecule has 0 saturated heterocycles. The minimum Gasteiger partial charge on any atom is -0.462 e. The van der Waals surface area contributed by atoms with Gasteiger partial charge in [0.05, 0.1) is 17.7 Å². The Morgan fingerprint density at radius 3 is 1.62 bits per heavy atom. The Labute approximate surface area is 193 Å². The number of benzene rings is 2. The first-order valence-electron chi connectivity index (χ1n) is 12.2. The number of carbonyl (C=O) groups excluding carboxylic acids is 2. The second-order valence-corrected chi connectivity index (χ2v) is 8.28. The van der Waals surface area contributed by atoms with E-state index in [4.69, 9.17) is 9.47 Å². The second kappa shape index (κ2) is 16.1. The molecular formula is C28H38O4. The van der Waals surface area contributed by atoms with Crippen LogP contribution in [0.25, 0.3) is 0 Å². The van der Waals surface area contributed by atoms with E-state index in [0.717, 1.165) is 18.4 Å². The van der Waals surface area contributed by atoms with Gasteiger partial charge >= 0.3 is 11.9 Å². The fraction of sp³-hybridized carbons (Fsp3) is 0.500. The predicted molar refractivity (Wildman–Crippen MR) is 129 cm³/mol. The first-order chi connectivity index (χ1) is 15.7. The molecule has 4 heteroatoms. The average molecular weight is 439 g/mol. The van der Waals surface area contributed by atoms with E-state index in [2.05, 4.69) is 6.92 Å². The summed E-state index contributed by atoms with van der Waals surface area (Å²) in [5.74, 6) is -0.986. The van der Waals surface area contributed by atoms with Gasteiger partial charge in [0.1, 0.15) is 6.61 Å². The maximum Gasteiger partial charge on any atom is 0.339 e. The molecule has 0 saturated carbocycles. The van der Waals surface area contributed by atoms with Crippen molar-refractivity contribution in [2.24, 2.45) is 0 Å². The van der Waals surface area contributed by atoms with Gasteiger partial charge in [0.15, 0.2) is 0 Å². The lowest BCUT2D eigenvalue weighted by molar-refractivity contribution is 0.0436. The molecule has 0 radical (unpaired) electrons. The first-order valence-corrected chi connectivity index (χ1v) is 12.2. The highest BCUT2D eigenvalue weighted by Gasteiger charge is 2.19. The monoisotopic (exact) mass is 438 g/mol. The summed E-state index contributed by atoms with van der Waals surface area (Å²) in [6.45, 7) is 2.79. The molecule has 4 nitrogen and oxygen atoms in total. The van der Waals surface area contributed by atoms with Crippen molar-refractivity contribution in [2.75, 3.05) is 6.61 Å². The number of esters is 2. The van der Waals surface area contributed by atoms with Gasteiger partial charge in [-0.05, 0) is 24.1 Å². The highest BCUT2D eigenvalue weighted by atomic mass is 16.5. The van der Waals surface area contributed by atoms with E-state index in [1.165, 1.54) is 57.8 Å². The van der Waals surface area contributed by atoms with Crippen LogP contribution < -0.4 is 0 Å². The van der Waals surface area contributed by atoms with Gasteiger partial charge in [0.2, 0.25) is 0 Å². The minimum absolute atomic E-state index is 0.168. The number of ether oxygens (including phenoxy) is 2. The summed E-state index contributed by atoms with van der Waals surface area (Å²) in [5.41, 5.74) is 1.40. The summed E-state index contributed by atoms with van der Waals surface area (Å²) in [6.07, 6.45) is 13.7. The molecule has 2 aromatic rings. The molecule has 174 valence electrons. The van der Waals surface area contributed by atoms with E-state index < -0.39 is 11.9 Å². The Morgan fingerprint density at radius 2 is 1.06 bits per heavy atom. The van der Waals surface area contributed by atoms with Crippen LogP contribution >= 0.6 is 0 Å². The van der Waals surface area contributed by atoms with Crippen LogP contribution in [0.4, 0.5) is 0 Å². The standard InChI is InChI=1S/C28H38O4/c1-2-3-4-5-6-7-8-9-10-11-17-22-31-27(29)25-20-15-16-21-26(25)28(30)32-23-24-18-13-12-14-19-24/h12-16,18-21H,2-11,17,22-23H2,1H3. The third-order valence-electron chi connectivity index (χ3n) is 5.56. The minimum atomic E-state index is -0.518. The molecule has 0 atom stereocenters. The van der Waals surface area contributed by atoms with Crippen molar-refractivity contribution in [2.45, 2.75) is 84.2 Å². The van der Waals surface area contributed by atoms with Crippen LogP contribution in [-0.4, -0.2) is 18.5 Å². The Kier molecular flexibility index (Phi) is 12.9. The van der Waals surface area contributed by atoms with Gasteiger partial charge in [-0.25, -0.2) is 9.59 Å². The Morgan fingerprint density at radius 1 is 0.594 bits per heavy atom. The molecule has 0 heterocycles. The maximum atomic E-state index is 12.5. The Bertz CT molecular complexity index is 785. The van der Waals surface area contributed by atoms with Crippen LogP contribution in [0.2, 0.25) is 0 Å². The molecule has 2 rings (SSSR count). The molecule has 0 unspecified atom stereocenters. The third-order valence-corrected chi connectivity index (χ3v) is 5.56. The first kappa shape index (κ1) is 25.6. The van der Waals surface area contributed by atoms with Crippen molar-refractivity contribution < 1.29 is 19.1 Å². The topological polar surface area (TPSA) is 52.6 Å². The summed E-state index contributed by atoms with van der Waals surface area (Å²) in [7, 11) is 0.